The zero-order chi connectivity index (χ0) is 10.8. The fraction of sp³-hybridized carbons (Fsp3) is 1.00. The zero-order valence-corrected chi connectivity index (χ0v) is 9.97. The molecule has 1 N–H and O–H groups in total. The fourth-order valence-electron chi connectivity index (χ4n) is 1.50. The van der Waals surface area contributed by atoms with Crippen LogP contribution >= 0.6 is 0 Å². The van der Waals surface area contributed by atoms with Crippen LogP contribution < -0.4 is 5.32 Å². The van der Waals surface area contributed by atoms with E-state index in [4.69, 9.17) is 0 Å². The smallest absolute Gasteiger partial charge is 0.215 e. The van der Waals surface area contributed by atoms with E-state index >= 15 is 0 Å². The minimum atomic E-state index is -3.06. The summed E-state index contributed by atoms with van der Waals surface area (Å²) in [7, 11) is 0.396. The molecule has 1 saturated carbocycles. The lowest BCUT2D eigenvalue weighted by Gasteiger charge is -2.24. The van der Waals surface area contributed by atoms with Gasteiger partial charge in [0.25, 0.3) is 0 Å². The Bertz CT molecular complexity index is 273. The first-order chi connectivity index (χ1) is 6.49. The number of nitrogens with one attached hydrogen (secondary N) is 1. The molecule has 14 heavy (non-hydrogen) atoms. The summed E-state index contributed by atoms with van der Waals surface area (Å²) in [6, 6.07) is 0.164. The highest BCUT2D eigenvalue weighted by molar-refractivity contribution is 7.89. The summed E-state index contributed by atoms with van der Waals surface area (Å²) in [5, 5.41) is 2.86. The van der Waals surface area contributed by atoms with Gasteiger partial charge in [-0.3, -0.25) is 0 Å². The van der Waals surface area contributed by atoms with Crippen molar-refractivity contribution in [2.24, 2.45) is 5.92 Å². The van der Waals surface area contributed by atoms with Crippen LogP contribution in [0.4, 0.5) is 0 Å². The summed E-state index contributed by atoms with van der Waals surface area (Å²) in [6.07, 6.45) is 2.35. The van der Waals surface area contributed by atoms with E-state index in [2.05, 4.69) is 5.32 Å². The van der Waals surface area contributed by atoms with Gasteiger partial charge in [0.05, 0.1) is 5.75 Å². The third-order valence-corrected chi connectivity index (χ3v) is 4.86. The average molecular weight is 220 g/mol. The first kappa shape index (κ1) is 11.9. The summed E-state index contributed by atoms with van der Waals surface area (Å²) >= 11 is 0. The van der Waals surface area contributed by atoms with E-state index in [1.165, 1.54) is 17.1 Å². The van der Waals surface area contributed by atoms with Crippen molar-refractivity contribution in [3.63, 3.8) is 0 Å². The molecule has 0 saturated heterocycles. The molecule has 1 aliphatic carbocycles. The van der Waals surface area contributed by atoms with Crippen molar-refractivity contribution in [1.29, 1.82) is 0 Å². The Balaban J connectivity index is 2.52. The monoisotopic (exact) mass is 220 g/mol. The highest BCUT2D eigenvalue weighted by Crippen LogP contribution is 2.35. The van der Waals surface area contributed by atoms with Crippen LogP contribution in [-0.4, -0.2) is 45.2 Å². The van der Waals surface area contributed by atoms with Gasteiger partial charge in [0.2, 0.25) is 10.0 Å². The van der Waals surface area contributed by atoms with E-state index in [1.54, 1.807) is 14.1 Å². The molecule has 0 aromatic carbocycles. The lowest BCUT2D eigenvalue weighted by atomic mass is 10.2. The lowest BCUT2D eigenvalue weighted by molar-refractivity contribution is 0.357. The van der Waals surface area contributed by atoms with Crippen LogP contribution in [0.15, 0.2) is 0 Å². The molecule has 1 unspecified atom stereocenters. The fourth-order valence-corrected chi connectivity index (χ4v) is 2.93. The lowest BCUT2D eigenvalue weighted by Crippen LogP contribution is -2.39. The predicted molar refractivity (Wildman–Crippen MR) is 57.7 cm³/mol. The van der Waals surface area contributed by atoms with Gasteiger partial charge < -0.3 is 5.32 Å². The molecule has 84 valence electrons. The number of hydrogen-bond donors (Lipinski definition) is 1. The Hall–Kier alpha value is -0.130. The topological polar surface area (TPSA) is 49.4 Å². The molecule has 0 radical (unpaired) electrons. The summed E-state index contributed by atoms with van der Waals surface area (Å²) in [5.41, 5.74) is 0. The van der Waals surface area contributed by atoms with Gasteiger partial charge in [0.15, 0.2) is 0 Å². The van der Waals surface area contributed by atoms with Gasteiger partial charge in [-0.15, -0.1) is 0 Å². The maximum atomic E-state index is 11.7. The molecule has 1 rings (SSSR count). The largest absolute Gasteiger partial charge is 0.319 e. The summed E-state index contributed by atoms with van der Waals surface area (Å²) in [5.74, 6) is 0.779. The second-order valence-corrected chi connectivity index (χ2v) is 6.16. The summed E-state index contributed by atoms with van der Waals surface area (Å²) in [4.78, 5) is 0. The second-order valence-electron chi connectivity index (χ2n) is 4.01. The van der Waals surface area contributed by atoms with Crippen LogP contribution in [-0.2, 0) is 10.0 Å². The third-order valence-electron chi connectivity index (χ3n) is 2.93. The van der Waals surface area contributed by atoms with Crippen molar-refractivity contribution >= 4 is 10.0 Å². The van der Waals surface area contributed by atoms with Crippen LogP contribution in [0, 0.1) is 5.92 Å². The Morgan fingerprint density at radius 3 is 2.50 bits per heavy atom. The van der Waals surface area contributed by atoms with E-state index in [0.717, 1.165) is 0 Å². The molecule has 4 nitrogen and oxygen atoms in total. The molecule has 0 amide bonds. The molecule has 1 fully saturated rings. The van der Waals surface area contributed by atoms with Crippen LogP contribution in [0.2, 0.25) is 0 Å². The molecular weight excluding hydrogens is 200 g/mol. The number of rotatable bonds is 6. The zero-order valence-electron chi connectivity index (χ0n) is 9.16. The summed E-state index contributed by atoms with van der Waals surface area (Å²) in [6.45, 7) is 2.51. The first-order valence-electron chi connectivity index (χ1n) is 5.09. The third kappa shape index (κ3) is 2.93. The molecule has 1 aliphatic rings. The van der Waals surface area contributed by atoms with Crippen LogP contribution in [0.25, 0.3) is 0 Å². The normalized spacial score (nSPS) is 20.0. The standard InChI is InChI=1S/C9H20N2O2S/c1-8(9-4-5-9)11(3)14(12,13)7-6-10-2/h8-10H,4-7H2,1-3H3. The van der Waals surface area contributed by atoms with E-state index < -0.39 is 10.0 Å². The highest BCUT2D eigenvalue weighted by Gasteiger charge is 2.34. The van der Waals surface area contributed by atoms with Gasteiger partial charge in [-0.2, -0.15) is 0 Å². The molecule has 5 heteroatoms. The molecule has 0 bridgehead atoms. The molecular formula is C9H20N2O2S. The van der Waals surface area contributed by atoms with Crippen LogP contribution in [0.1, 0.15) is 19.8 Å². The Morgan fingerprint density at radius 1 is 1.50 bits per heavy atom. The van der Waals surface area contributed by atoms with Gasteiger partial charge in [-0.25, -0.2) is 12.7 Å². The Labute approximate surface area is 86.7 Å². The SMILES string of the molecule is CNCCS(=O)(=O)N(C)C(C)C1CC1. The van der Waals surface area contributed by atoms with Crippen LogP contribution in [0.5, 0.6) is 0 Å². The van der Waals surface area contributed by atoms with E-state index in [1.807, 2.05) is 6.92 Å². The summed E-state index contributed by atoms with van der Waals surface area (Å²) < 4.78 is 25.0. The number of nitrogens with zero attached hydrogens (tertiary/aromatic N) is 1. The van der Waals surface area contributed by atoms with Gasteiger partial charge in [-0.1, -0.05) is 0 Å². The Morgan fingerprint density at radius 2 is 2.07 bits per heavy atom. The molecule has 0 heterocycles. The Kier molecular flexibility index (Phi) is 3.92. The predicted octanol–water partition coefficient (Wildman–Crippen LogP) is 0.266. The molecule has 0 aliphatic heterocycles. The van der Waals surface area contributed by atoms with E-state index in [-0.39, 0.29) is 11.8 Å². The number of hydrogen-bond acceptors (Lipinski definition) is 3. The average Bonchev–Trinajstić information content (AvgIpc) is 2.95. The van der Waals surface area contributed by atoms with E-state index in [9.17, 15) is 8.42 Å². The quantitative estimate of drug-likeness (QED) is 0.699. The van der Waals surface area contributed by atoms with Crippen molar-refractivity contribution in [3.05, 3.63) is 0 Å². The molecule has 0 aromatic rings. The highest BCUT2D eigenvalue weighted by atomic mass is 32.2. The van der Waals surface area contributed by atoms with Gasteiger partial charge in [0, 0.05) is 19.6 Å². The minimum absolute atomic E-state index is 0.164. The molecule has 1 atom stereocenters. The molecule has 0 spiro atoms. The number of sulfonamides is 1. The maximum absolute atomic E-state index is 11.7. The van der Waals surface area contributed by atoms with Gasteiger partial charge >= 0.3 is 0 Å². The van der Waals surface area contributed by atoms with Crippen molar-refractivity contribution in [1.82, 2.24) is 9.62 Å². The van der Waals surface area contributed by atoms with Gasteiger partial charge in [0.1, 0.15) is 0 Å². The van der Waals surface area contributed by atoms with Crippen LogP contribution in [0.3, 0.4) is 0 Å². The van der Waals surface area contributed by atoms with E-state index in [0.29, 0.717) is 12.5 Å². The first-order valence-corrected chi connectivity index (χ1v) is 6.70. The van der Waals surface area contributed by atoms with Crippen molar-refractivity contribution in [2.75, 3.05) is 26.4 Å². The second kappa shape index (κ2) is 4.59. The van der Waals surface area contributed by atoms with Crippen molar-refractivity contribution in [3.8, 4) is 0 Å². The molecule has 0 aromatic heterocycles. The van der Waals surface area contributed by atoms with Crippen molar-refractivity contribution in [2.45, 2.75) is 25.8 Å². The maximum Gasteiger partial charge on any atom is 0.215 e. The minimum Gasteiger partial charge on any atom is -0.319 e. The van der Waals surface area contributed by atoms with Gasteiger partial charge in [-0.05, 0) is 32.7 Å². The van der Waals surface area contributed by atoms with Crippen molar-refractivity contribution < 1.29 is 8.42 Å².